The zero-order valence-electron chi connectivity index (χ0n) is 14.5. The van der Waals surface area contributed by atoms with E-state index in [4.69, 9.17) is 13.6 Å². The van der Waals surface area contributed by atoms with Crippen LogP contribution in [-0.2, 0) is 6.54 Å². The minimum absolute atomic E-state index is 0.0945. The van der Waals surface area contributed by atoms with Crippen LogP contribution in [0.5, 0.6) is 5.75 Å². The number of nitro groups is 1. The van der Waals surface area contributed by atoms with Gasteiger partial charge in [0.15, 0.2) is 10.9 Å². The van der Waals surface area contributed by atoms with Crippen molar-refractivity contribution in [1.82, 2.24) is 4.98 Å². The third-order valence-corrected chi connectivity index (χ3v) is 4.98. The molecular weight excluding hydrogens is 386 g/mol. The number of amides is 1. The van der Waals surface area contributed by atoms with E-state index >= 15 is 0 Å². The Bertz CT molecular complexity index is 1150. The van der Waals surface area contributed by atoms with Crippen LogP contribution in [0.15, 0.2) is 57.6 Å². The van der Waals surface area contributed by atoms with Crippen molar-refractivity contribution in [2.45, 2.75) is 6.54 Å². The van der Waals surface area contributed by atoms with E-state index in [2.05, 4.69) is 4.98 Å². The molecule has 4 rings (SSSR count). The Kier molecular flexibility index (Phi) is 4.53. The number of hydrogen-bond donors (Lipinski definition) is 0. The molecular formula is C18H13N3O6S. The van der Waals surface area contributed by atoms with Crippen LogP contribution < -0.4 is 9.64 Å². The number of methoxy groups -OCH3 is 1. The molecule has 4 aromatic rings. The number of nitrogens with zero attached hydrogens (tertiary/aromatic N) is 3. The van der Waals surface area contributed by atoms with Crippen molar-refractivity contribution in [2.75, 3.05) is 12.0 Å². The van der Waals surface area contributed by atoms with E-state index < -0.39 is 16.7 Å². The number of hydrogen-bond acceptors (Lipinski definition) is 8. The third-order valence-electron chi connectivity index (χ3n) is 3.94. The zero-order valence-corrected chi connectivity index (χ0v) is 15.3. The van der Waals surface area contributed by atoms with Gasteiger partial charge in [0.2, 0.25) is 0 Å². The summed E-state index contributed by atoms with van der Waals surface area (Å²) < 4.78 is 16.5. The molecule has 0 radical (unpaired) electrons. The molecule has 3 aromatic heterocycles. The molecule has 9 nitrogen and oxygen atoms in total. The first-order valence-corrected chi connectivity index (χ1v) is 8.90. The van der Waals surface area contributed by atoms with Crippen LogP contribution in [0.25, 0.3) is 10.2 Å². The first kappa shape index (κ1) is 17.7. The van der Waals surface area contributed by atoms with E-state index in [1.54, 1.807) is 31.4 Å². The van der Waals surface area contributed by atoms with Crippen molar-refractivity contribution in [3.63, 3.8) is 0 Å². The summed E-state index contributed by atoms with van der Waals surface area (Å²) in [6.07, 6.45) is 1.50. The van der Waals surface area contributed by atoms with Crippen LogP contribution in [0.4, 0.5) is 11.0 Å². The number of ether oxygens (including phenoxy) is 1. The molecule has 0 spiro atoms. The highest BCUT2D eigenvalue weighted by Gasteiger charge is 2.27. The average Bonchev–Trinajstić information content (AvgIpc) is 3.45. The fourth-order valence-electron chi connectivity index (χ4n) is 2.59. The van der Waals surface area contributed by atoms with Gasteiger partial charge in [-0.05, 0) is 36.4 Å². The average molecular weight is 399 g/mol. The standard InChI is InChI=1S/C18H13N3O6S/c1-25-11-4-5-13-15(9-11)28-18(19-13)20(10-12-3-2-8-26-12)17(22)14-6-7-16(27-14)21(23)24/h2-9H,10H2,1H3. The van der Waals surface area contributed by atoms with Gasteiger partial charge in [0.25, 0.3) is 5.91 Å². The van der Waals surface area contributed by atoms with Gasteiger partial charge in [0, 0.05) is 0 Å². The number of rotatable bonds is 6. The molecule has 0 bridgehead atoms. The Labute approximate surface area is 161 Å². The van der Waals surface area contributed by atoms with Gasteiger partial charge in [-0.25, -0.2) is 4.98 Å². The maximum atomic E-state index is 13.0. The lowest BCUT2D eigenvalue weighted by molar-refractivity contribution is -0.402. The number of fused-ring (bicyclic) bond motifs is 1. The Morgan fingerprint density at radius 1 is 1.32 bits per heavy atom. The van der Waals surface area contributed by atoms with Gasteiger partial charge in [-0.2, -0.15) is 0 Å². The largest absolute Gasteiger partial charge is 0.497 e. The topological polar surface area (TPSA) is 112 Å². The monoisotopic (exact) mass is 399 g/mol. The number of carbonyl (C=O) groups excluding carboxylic acids is 1. The Hall–Kier alpha value is -3.66. The van der Waals surface area contributed by atoms with Gasteiger partial charge >= 0.3 is 5.88 Å². The molecule has 1 amide bonds. The van der Waals surface area contributed by atoms with Crippen LogP contribution in [0, 0.1) is 10.1 Å². The normalized spacial score (nSPS) is 10.9. The summed E-state index contributed by atoms with van der Waals surface area (Å²) in [6, 6.07) is 11.2. The summed E-state index contributed by atoms with van der Waals surface area (Å²) in [5.74, 6) is -0.0135. The van der Waals surface area contributed by atoms with Gasteiger partial charge in [-0.15, -0.1) is 0 Å². The summed E-state index contributed by atoms with van der Waals surface area (Å²) in [4.78, 5) is 29.0. The lowest BCUT2D eigenvalue weighted by atomic mass is 10.3. The molecule has 0 saturated carbocycles. The van der Waals surface area contributed by atoms with Crippen molar-refractivity contribution < 1.29 is 23.3 Å². The predicted molar refractivity (Wildman–Crippen MR) is 101 cm³/mol. The molecule has 0 saturated heterocycles. The van der Waals surface area contributed by atoms with Crippen LogP contribution in [0.2, 0.25) is 0 Å². The van der Waals surface area contributed by atoms with E-state index in [0.29, 0.717) is 22.2 Å². The molecule has 10 heteroatoms. The molecule has 0 fully saturated rings. The highest BCUT2D eigenvalue weighted by molar-refractivity contribution is 7.22. The van der Waals surface area contributed by atoms with E-state index in [1.807, 2.05) is 6.07 Å². The van der Waals surface area contributed by atoms with Crippen LogP contribution in [0.1, 0.15) is 16.3 Å². The lowest BCUT2D eigenvalue weighted by Crippen LogP contribution is -2.29. The van der Waals surface area contributed by atoms with Gasteiger partial charge in [0.05, 0.1) is 36.2 Å². The number of thiazole rings is 1. The minimum atomic E-state index is -0.697. The van der Waals surface area contributed by atoms with Crippen LogP contribution in [0.3, 0.4) is 0 Å². The fraction of sp³-hybridized carbons (Fsp3) is 0.111. The highest BCUT2D eigenvalue weighted by Crippen LogP contribution is 2.33. The summed E-state index contributed by atoms with van der Waals surface area (Å²) >= 11 is 1.29. The number of furan rings is 2. The summed E-state index contributed by atoms with van der Waals surface area (Å²) in [5, 5.41) is 11.3. The second-order valence-corrected chi connectivity index (χ2v) is 6.70. The van der Waals surface area contributed by atoms with Crippen molar-refractivity contribution >= 4 is 38.5 Å². The predicted octanol–water partition coefficient (Wildman–Crippen LogP) is 4.25. The quantitative estimate of drug-likeness (QED) is 0.352. The SMILES string of the molecule is COc1ccc2nc(N(Cc3ccco3)C(=O)c3ccc([N+](=O)[O-])o3)sc2c1. The van der Waals surface area contributed by atoms with E-state index in [9.17, 15) is 14.9 Å². The molecule has 3 heterocycles. The molecule has 0 aliphatic carbocycles. The number of aromatic nitrogens is 1. The van der Waals surface area contributed by atoms with E-state index in [1.165, 1.54) is 28.6 Å². The summed E-state index contributed by atoms with van der Waals surface area (Å²) in [5.41, 5.74) is 0.698. The third kappa shape index (κ3) is 3.32. The van der Waals surface area contributed by atoms with Gasteiger partial charge < -0.3 is 13.6 Å². The van der Waals surface area contributed by atoms with Gasteiger partial charge in [-0.3, -0.25) is 19.8 Å². The fourth-order valence-corrected chi connectivity index (χ4v) is 3.59. The molecule has 0 aliphatic rings. The molecule has 0 atom stereocenters. The van der Waals surface area contributed by atoms with E-state index in [0.717, 1.165) is 10.8 Å². The van der Waals surface area contributed by atoms with Gasteiger partial charge in [-0.1, -0.05) is 11.3 Å². The molecule has 28 heavy (non-hydrogen) atoms. The summed E-state index contributed by atoms with van der Waals surface area (Å²) in [6.45, 7) is 0.0945. The Morgan fingerprint density at radius 2 is 2.18 bits per heavy atom. The smallest absolute Gasteiger partial charge is 0.433 e. The minimum Gasteiger partial charge on any atom is -0.497 e. The highest BCUT2D eigenvalue weighted by atomic mass is 32.1. The summed E-state index contributed by atoms with van der Waals surface area (Å²) in [7, 11) is 1.57. The molecule has 1 aromatic carbocycles. The number of benzene rings is 1. The molecule has 0 N–H and O–H groups in total. The maximum Gasteiger partial charge on any atom is 0.433 e. The molecule has 142 valence electrons. The van der Waals surface area contributed by atoms with Crippen molar-refractivity contribution in [3.8, 4) is 5.75 Å². The Balaban J connectivity index is 1.74. The Morgan fingerprint density at radius 3 is 2.86 bits per heavy atom. The first-order valence-electron chi connectivity index (χ1n) is 8.08. The van der Waals surface area contributed by atoms with Crippen LogP contribution >= 0.6 is 11.3 Å². The van der Waals surface area contributed by atoms with Crippen molar-refractivity contribution in [3.05, 3.63) is 70.4 Å². The van der Waals surface area contributed by atoms with Crippen molar-refractivity contribution in [2.24, 2.45) is 0 Å². The number of carbonyl (C=O) groups is 1. The lowest BCUT2D eigenvalue weighted by Gasteiger charge is -2.17. The first-order chi connectivity index (χ1) is 13.5. The number of anilines is 1. The molecule has 0 aliphatic heterocycles. The second-order valence-electron chi connectivity index (χ2n) is 5.70. The van der Waals surface area contributed by atoms with Crippen molar-refractivity contribution in [1.29, 1.82) is 0 Å². The van der Waals surface area contributed by atoms with E-state index in [-0.39, 0.29) is 12.3 Å². The zero-order chi connectivity index (χ0) is 19.7. The van der Waals surface area contributed by atoms with Gasteiger partial charge in [0.1, 0.15) is 16.4 Å². The molecule has 0 unspecified atom stereocenters. The maximum absolute atomic E-state index is 13.0. The second kappa shape index (κ2) is 7.16. The van der Waals surface area contributed by atoms with Crippen LogP contribution in [-0.4, -0.2) is 22.9 Å².